The second kappa shape index (κ2) is 11.7. The van der Waals surface area contributed by atoms with Crippen molar-refractivity contribution in [3.8, 4) is 11.4 Å². The molecule has 1 unspecified atom stereocenters. The minimum atomic E-state index is -0.847. The van der Waals surface area contributed by atoms with Gasteiger partial charge in [0.1, 0.15) is 11.6 Å². The lowest BCUT2D eigenvalue weighted by atomic mass is 10.0. The number of para-hydroxylation sites is 1. The van der Waals surface area contributed by atoms with Crippen molar-refractivity contribution < 1.29 is 14.3 Å². The number of aromatic nitrogens is 3. The second-order valence-corrected chi connectivity index (χ2v) is 9.13. The van der Waals surface area contributed by atoms with E-state index in [0.717, 1.165) is 22.6 Å². The number of benzene rings is 3. The summed E-state index contributed by atoms with van der Waals surface area (Å²) in [5, 5.41) is 14.4. The molecule has 41 heavy (non-hydrogen) atoms. The van der Waals surface area contributed by atoms with Crippen molar-refractivity contribution in [3.63, 3.8) is 0 Å². The standard InChI is InChI=1S/C32H28N6O3/c1-5-9-21(6-2)29(39)23-12-16-24(17-13-23)33-32(40)35-30-31-37-36-20(3)38(31)27-11-8-7-10-26(27)28(34-30)22-14-18-25(41-4)19-15-22/h5-19,30H,1-2H2,3-4H3,(H2,33,35,40)/b21-9+. The summed E-state index contributed by atoms with van der Waals surface area (Å²) >= 11 is 0. The van der Waals surface area contributed by atoms with E-state index in [1.807, 2.05) is 60.0 Å². The van der Waals surface area contributed by atoms with Crippen molar-refractivity contribution in [2.75, 3.05) is 12.4 Å². The van der Waals surface area contributed by atoms with Gasteiger partial charge in [-0.15, -0.1) is 10.2 Å². The highest BCUT2D eigenvalue weighted by Crippen LogP contribution is 2.30. The van der Waals surface area contributed by atoms with Gasteiger partial charge >= 0.3 is 6.03 Å². The highest BCUT2D eigenvalue weighted by Gasteiger charge is 2.29. The van der Waals surface area contributed by atoms with E-state index in [1.165, 1.54) is 12.2 Å². The fourth-order valence-corrected chi connectivity index (χ4v) is 4.58. The van der Waals surface area contributed by atoms with E-state index >= 15 is 0 Å². The van der Waals surface area contributed by atoms with Gasteiger partial charge in [0.25, 0.3) is 0 Å². The number of carbonyl (C=O) groups is 2. The number of ether oxygens (including phenoxy) is 1. The molecule has 4 aromatic rings. The van der Waals surface area contributed by atoms with Crippen LogP contribution in [0.5, 0.6) is 5.75 Å². The molecule has 2 N–H and O–H groups in total. The highest BCUT2D eigenvalue weighted by molar-refractivity contribution is 6.15. The van der Waals surface area contributed by atoms with E-state index in [2.05, 4.69) is 34.0 Å². The molecule has 0 spiro atoms. The summed E-state index contributed by atoms with van der Waals surface area (Å²) in [5.74, 6) is 1.67. The third-order valence-corrected chi connectivity index (χ3v) is 6.57. The summed E-state index contributed by atoms with van der Waals surface area (Å²) in [6.45, 7) is 9.16. The number of amides is 2. The summed E-state index contributed by atoms with van der Waals surface area (Å²) in [6.07, 6.45) is 3.77. The van der Waals surface area contributed by atoms with Crippen molar-refractivity contribution in [1.29, 1.82) is 0 Å². The van der Waals surface area contributed by atoms with Gasteiger partial charge in [-0.3, -0.25) is 14.4 Å². The average molecular weight is 545 g/mol. The van der Waals surface area contributed by atoms with Crippen LogP contribution in [-0.4, -0.2) is 39.4 Å². The van der Waals surface area contributed by atoms with Gasteiger partial charge in [-0.1, -0.05) is 49.6 Å². The number of urea groups is 1. The van der Waals surface area contributed by atoms with Gasteiger partial charge in [-0.25, -0.2) is 4.79 Å². The minimum Gasteiger partial charge on any atom is -0.497 e. The molecule has 0 saturated heterocycles. The van der Waals surface area contributed by atoms with E-state index in [4.69, 9.17) is 9.73 Å². The number of carbonyl (C=O) groups excluding carboxylic acids is 2. The third-order valence-electron chi connectivity index (χ3n) is 6.57. The number of rotatable bonds is 8. The lowest BCUT2D eigenvalue weighted by Gasteiger charge is -2.15. The first-order valence-electron chi connectivity index (χ1n) is 12.8. The van der Waals surface area contributed by atoms with Crippen molar-refractivity contribution in [2.24, 2.45) is 4.99 Å². The van der Waals surface area contributed by atoms with Crippen molar-refractivity contribution in [3.05, 3.63) is 138 Å². The number of hydrogen-bond acceptors (Lipinski definition) is 6. The van der Waals surface area contributed by atoms with E-state index in [9.17, 15) is 9.59 Å². The van der Waals surface area contributed by atoms with E-state index in [0.29, 0.717) is 34.2 Å². The maximum Gasteiger partial charge on any atom is 0.321 e. The van der Waals surface area contributed by atoms with Crippen LogP contribution in [0, 0.1) is 6.92 Å². The first-order chi connectivity index (χ1) is 19.9. The van der Waals surface area contributed by atoms with Gasteiger partial charge in [0.15, 0.2) is 17.8 Å². The van der Waals surface area contributed by atoms with Gasteiger partial charge in [0, 0.05) is 28.0 Å². The second-order valence-electron chi connectivity index (χ2n) is 9.13. The molecule has 5 rings (SSSR count). The molecule has 9 heteroatoms. The summed E-state index contributed by atoms with van der Waals surface area (Å²) in [6, 6.07) is 21.5. The topological polar surface area (TPSA) is 110 Å². The number of anilines is 1. The molecule has 0 aliphatic carbocycles. The molecule has 0 saturated carbocycles. The Morgan fingerprint density at radius 2 is 1.71 bits per heavy atom. The van der Waals surface area contributed by atoms with Gasteiger partial charge < -0.3 is 15.4 Å². The summed E-state index contributed by atoms with van der Waals surface area (Å²) in [4.78, 5) is 30.8. The Balaban J connectivity index is 1.45. The molecule has 1 atom stereocenters. The lowest BCUT2D eigenvalue weighted by Crippen LogP contribution is -2.33. The van der Waals surface area contributed by atoms with E-state index < -0.39 is 12.2 Å². The SMILES string of the molecule is C=C/C=C(\C=C)C(=O)c1ccc(NC(=O)NC2N=C(c3ccc(OC)cc3)c3ccccc3-n3c(C)nnc32)cc1. The third kappa shape index (κ3) is 5.46. The van der Waals surface area contributed by atoms with Crippen LogP contribution in [0.15, 0.2) is 115 Å². The molecule has 0 fully saturated rings. The quantitative estimate of drug-likeness (QED) is 0.167. The number of nitrogens with zero attached hydrogens (tertiary/aromatic N) is 4. The van der Waals surface area contributed by atoms with Crippen LogP contribution in [0.4, 0.5) is 10.5 Å². The lowest BCUT2D eigenvalue weighted by molar-refractivity contribution is 0.103. The Hall–Kier alpha value is -5.57. The maximum absolute atomic E-state index is 13.2. The van der Waals surface area contributed by atoms with Crippen LogP contribution in [0.2, 0.25) is 0 Å². The smallest absolute Gasteiger partial charge is 0.321 e. The van der Waals surface area contributed by atoms with Gasteiger partial charge in [-0.2, -0.15) is 0 Å². The number of nitrogens with one attached hydrogen (secondary N) is 2. The Morgan fingerprint density at radius 3 is 2.39 bits per heavy atom. The first-order valence-corrected chi connectivity index (χ1v) is 12.8. The average Bonchev–Trinajstić information content (AvgIpc) is 3.32. The summed E-state index contributed by atoms with van der Waals surface area (Å²) < 4.78 is 7.22. The largest absolute Gasteiger partial charge is 0.497 e. The van der Waals surface area contributed by atoms with Crippen LogP contribution in [0.25, 0.3) is 5.69 Å². The number of methoxy groups -OCH3 is 1. The van der Waals surface area contributed by atoms with Crippen LogP contribution >= 0.6 is 0 Å². The Morgan fingerprint density at radius 1 is 0.976 bits per heavy atom. The number of ketones is 1. The van der Waals surface area contributed by atoms with Crippen molar-refractivity contribution in [2.45, 2.75) is 13.1 Å². The molecule has 9 nitrogen and oxygen atoms in total. The van der Waals surface area contributed by atoms with E-state index in [-0.39, 0.29) is 5.78 Å². The number of aryl methyl sites for hydroxylation is 1. The molecule has 204 valence electrons. The van der Waals surface area contributed by atoms with Crippen LogP contribution in [0.3, 0.4) is 0 Å². The van der Waals surface area contributed by atoms with Gasteiger partial charge in [0.05, 0.1) is 18.5 Å². The van der Waals surface area contributed by atoms with Crippen LogP contribution < -0.4 is 15.4 Å². The fourth-order valence-electron chi connectivity index (χ4n) is 4.58. The van der Waals surface area contributed by atoms with Gasteiger partial charge in [0.2, 0.25) is 0 Å². The molecule has 2 heterocycles. The van der Waals surface area contributed by atoms with Crippen LogP contribution in [-0.2, 0) is 0 Å². The van der Waals surface area contributed by atoms with Gasteiger partial charge in [-0.05, 0) is 61.5 Å². The van der Waals surface area contributed by atoms with Crippen LogP contribution in [0.1, 0.15) is 39.3 Å². The normalized spacial score (nSPS) is 14.0. The Kier molecular flexibility index (Phi) is 7.69. The summed E-state index contributed by atoms with van der Waals surface area (Å²) in [5.41, 5.74) is 4.66. The number of fused-ring (bicyclic) bond motifs is 3. The predicted octanol–water partition coefficient (Wildman–Crippen LogP) is 5.74. The Bertz CT molecular complexity index is 1700. The molecule has 0 radical (unpaired) electrons. The minimum absolute atomic E-state index is 0.191. The molecule has 3 aromatic carbocycles. The zero-order valence-electron chi connectivity index (χ0n) is 22.7. The van der Waals surface area contributed by atoms with E-state index in [1.54, 1.807) is 37.5 Å². The number of allylic oxidation sites excluding steroid dienone is 4. The highest BCUT2D eigenvalue weighted by atomic mass is 16.5. The Labute approximate surface area is 237 Å². The maximum atomic E-state index is 13.2. The number of aliphatic imine (C=N–C) groups is 1. The molecule has 2 amide bonds. The molecule has 1 aliphatic heterocycles. The predicted molar refractivity (Wildman–Crippen MR) is 159 cm³/mol. The molecular formula is C32H28N6O3. The molecular weight excluding hydrogens is 516 g/mol. The fraction of sp³-hybridized carbons (Fsp3) is 0.0938. The van der Waals surface area contributed by atoms with Crippen molar-refractivity contribution >= 4 is 23.2 Å². The zero-order valence-corrected chi connectivity index (χ0v) is 22.7. The first kappa shape index (κ1) is 27.0. The number of Topliss-reactive ketones (excluding diaryl/α,β-unsaturated/α-hetero) is 1. The molecule has 0 bridgehead atoms. The molecule has 1 aliphatic rings. The zero-order chi connectivity index (χ0) is 28.9. The monoisotopic (exact) mass is 544 g/mol. The number of hydrogen-bond donors (Lipinski definition) is 2. The summed E-state index contributed by atoms with van der Waals surface area (Å²) in [7, 11) is 1.62. The molecule has 1 aromatic heterocycles. The van der Waals surface area contributed by atoms with Crippen molar-refractivity contribution in [1.82, 2.24) is 20.1 Å².